The molecule has 0 saturated heterocycles. The molecule has 2 aromatic carbocycles. The van der Waals surface area contributed by atoms with Gasteiger partial charge >= 0.3 is 0 Å². The lowest BCUT2D eigenvalue weighted by Crippen LogP contribution is -2.28. The molecule has 97 valence electrons. The Morgan fingerprint density at radius 3 is 2.68 bits per heavy atom. The fourth-order valence-corrected chi connectivity index (χ4v) is 2.77. The van der Waals surface area contributed by atoms with E-state index in [2.05, 4.69) is 4.90 Å². The second-order valence-electron chi connectivity index (χ2n) is 4.91. The van der Waals surface area contributed by atoms with Crippen LogP contribution in [-0.4, -0.2) is 6.54 Å². The SMILES string of the molecule is [O]c1cccc2c1CCCN2Cc1ccc(Cl)cc1. The summed E-state index contributed by atoms with van der Waals surface area (Å²) >= 11 is 5.90. The van der Waals surface area contributed by atoms with Gasteiger partial charge in [0.1, 0.15) is 0 Å². The topological polar surface area (TPSA) is 23.1 Å². The zero-order valence-corrected chi connectivity index (χ0v) is 11.4. The Morgan fingerprint density at radius 1 is 1.11 bits per heavy atom. The van der Waals surface area contributed by atoms with Crippen LogP contribution in [-0.2, 0) is 18.1 Å². The van der Waals surface area contributed by atoms with Crippen LogP contribution in [0.2, 0.25) is 5.02 Å². The Labute approximate surface area is 118 Å². The minimum atomic E-state index is 0.165. The predicted molar refractivity (Wildman–Crippen MR) is 77.4 cm³/mol. The maximum atomic E-state index is 11.9. The Hall–Kier alpha value is -1.67. The van der Waals surface area contributed by atoms with Gasteiger partial charge in [-0.05, 0) is 42.7 Å². The highest BCUT2D eigenvalue weighted by Gasteiger charge is 2.19. The summed E-state index contributed by atoms with van der Waals surface area (Å²) in [5.41, 5.74) is 3.27. The number of hydrogen-bond donors (Lipinski definition) is 0. The molecule has 2 aromatic rings. The van der Waals surface area contributed by atoms with Crippen molar-refractivity contribution in [1.29, 1.82) is 0 Å². The molecule has 2 nitrogen and oxygen atoms in total. The molecule has 0 aliphatic carbocycles. The molecule has 1 aliphatic rings. The summed E-state index contributed by atoms with van der Waals surface area (Å²) in [7, 11) is 0. The molecule has 3 heteroatoms. The first-order valence-corrected chi connectivity index (χ1v) is 6.90. The van der Waals surface area contributed by atoms with E-state index in [1.807, 2.05) is 36.4 Å². The van der Waals surface area contributed by atoms with Crippen LogP contribution in [0.25, 0.3) is 0 Å². The lowest BCUT2D eigenvalue weighted by atomic mass is 10.00. The Morgan fingerprint density at radius 2 is 1.89 bits per heavy atom. The van der Waals surface area contributed by atoms with E-state index in [0.29, 0.717) is 0 Å². The number of hydrogen-bond acceptors (Lipinski definition) is 1. The van der Waals surface area contributed by atoms with Crippen LogP contribution in [0.4, 0.5) is 5.69 Å². The third kappa shape index (κ3) is 2.54. The average Bonchev–Trinajstić information content (AvgIpc) is 2.43. The van der Waals surface area contributed by atoms with Crippen LogP contribution >= 0.6 is 11.6 Å². The summed E-state index contributed by atoms with van der Waals surface area (Å²) in [5.74, 6) is 0.165. The van der Waals surface area contributed by atoms with Crippen LogP contribution in [0, 0.1) is 0 Å². The third-order valence-electron chi connectivity index (χ3n) is 3.59. The van der Waals surface area contributed by atoms with Gasteiger partial charge in [0.05, 0.1) is 0 Å². The molecule has 0 unspecified atom stereocenters. The van der Waals surface area contributed by atoms with E-state index in [9.17, 15) is 5.11 Å². The van der Waals surface area contributed by atoms with Gasteiger partial charge in [0.2, 0.25) is 0 Å². The van der Waals surface area contributed by atoms with Crippen LogP contribution < -0.4 is 4.90 Å². The average molecular weight is 273 g/mol. The van der Waals surface area contributed by atoms with Crippen molar-refractivity contribution in [2.45, 2.75) is 19.4 Å². The minimum Gasteiger partial charge on any atom is -0.367 e. The molecular weight excluding hydrogens is 258 g/mol. The molecule has 1 aliphatic heterocycles. The van der Waals surface area contributed by atoms with Crippen LogP contribution in [0.1, 0.15) is 17.5 Å². The lowest BCUT2D eigenvalue weighted by Gasteiger charge is -2.31. The van der Waals surface area contributed by atoms with E-state index < -0.39 is 0 Å². The molecule has 0 spiro atoms. The van der Waals surface area contributed by atoms with Crippen LogP contribution in [0.5, 0.6) is 5.75 Å². The monoisotopic (exact) mass is 272 g/mol. The van der Waals surface area contributed by atoms with Crippen molar-refractivity contribution < 1.29 is 5.11 Å². The first-order valence-electron chi connectivity index (χ1n) is 6.52. The smallest absolute Gasteiger partial charge is 0.183 e. The summed E-state index contributed by atoms with van der Waals surface area (Å²) in [4.78, 5) is 2.28. The predicted octanol–water partition coefficient (Wildman–Crippen LogP) is 4.44. The lowest BCUT2D eigenvalue weighted by molar-refractivity contribution is 0.348. The molecule has 0 bridgehead atoms. The zero-order valence-electron chi connectivity index (χ0n) is 10.6. The largest absolute Gasteiger partial charge is 0.367 e. The van der Waals surface area contributed by atoms with E-state index in [1.165, 1.54) is 5.56 Å². The van der Waals surface area contributed by atoms with Crippen molar-refractivity contribution >= 4 is 17.3 Å². The maximum absolute atomic E-state index is 11.9. The summed E-state index contributed by atoms with van der Waals surface area (Å²) < 4.78 is 0. The molecule has 0 amide bonds. The van der Waals surface area contributed by atoms with Gasteiger partial charge in [-0.3, -0.25) is 5.11 Å². The normalized spacial score (nSPS) is 14.3. The Kier molecular flexibility index (Phi) is 3.34. The van der Waals surface area contributed by atoms with Crippen molar-refractivity contribution in [2.24, 2.45) is 0 Å². The zero-order chi connectivity index (χ0) is 13.2. The number of fused-ring (bicyclic) bond motifs is 1. The molecule has 1 heterocycles. The van der Waals surface area contributed by atoms with Gasteiger partial charge in [-0.15, -0.1) is 0 Å². The van der Waals surface area contributed by atoms with E-state index in [4.69, 9.17) is 11.6 Å². The van der Waals surface area contributed by atoms with E-state index in [1.54, 1.807) is 6.07 Å². The van der Waals surface area contributed by atoms with Gasteiger partial charge in [-0.2, -0.15) is 0 Å². The Balaban J connectivity index is 1.88. The minimum absolute atomic E-state index is 0.165. The van der Waals surface area contributed by atoms with Crippen molar-refractivity contribution in [3.8, 4) is 5.75 Å². The third-order valence-corrected chi connectivity index (χ3v) is 3.84. The number of benzene rings is 2. The molecule has 1 radical (unpaired) electrons. The molecular formula is C16H15ClNO. The van der Waals surface area contributed by atoms with Gasteiger partial charge < -0.3 is 4.90 Å². The summed E-state index contributed by atoms with van der Waals surface area (Å²) in [5, 5.41) is 12.6. The van der Waals surface area contributed by atoms with E-state index in [-0.39, 0.29) is 5.75 Å². The second kappa shape index (κ2) is 5.14. The number of halogens is 1. The van der Waals surface area contributed by atoms with Gasteiger partial charge in [-0.25, -0.2) is 0 Å². The number of rotatable bonds is 2. The molecule has 0 N–H and O–H groups in total. The number of anilines is 1. The quantitative estimate of drug-likeness (QED) is 0.793. The highest BCUT2D eigenvalue weighted by atomic mass is 35.5. The van der Waals surface area contributed by atoms with Gasteiger partial charge in [0.15, 0.2) is 5.75 Å². The van der Waals surface area contributed by atoms with Gasteiger partial charge in [0.25, 0.3) is 0 Å². The fourth-order valence-electron chi connectivity index (χ4n) is 2.64. The maximum Gasteiger partial charge on any atom is 0.183 e. The summed E-state index contributed by atoms with van der Waals surface area (Å²) in [6, 6.07) is 13.4. The first kappa shape index (κ1) is 12.4. The first-order chi connectivity index (χ1) is 9.24. The molecule has 0 saturated carbocycles. The second-order valence-corrected chi connectivity index (χ2v) is 5.34. The van der Waals surface area contributed by atoms with E-state index in [0.717, 1.165) is 42.2 Å². The standard InChI is InChI=1S/C16H15ClNO/c17-13-8-6-12(7-9-13)11-18-10-2-3-14-15(18)4-1-5-16(14)19/h1,4-9H,2-3,10-11H2. The highest BCUT2D eigenvalue weighted by Crippen LogP contribution is 2.34. The van der Waals surface area contributed by atoms with Gasteiger partial charge in [-0.1, -0.05) is 29.8 Å². The van der Waals surface area contributed by atoms with Crippen molar-refractivity contribution in [3.63, 3.8) is 0 Å². The molecule has 0 atom stereocenters. The molecule has 0 aromatic heterocycles. The molecule has 3 rings (SSSR count). The summed E-state index contributed by atoms with van der Waals surface area (Å²) in [6.07, 6.45) is 1.94. The van der Waals surface area contributed by atoms with E-state index >= 15 is 0 Å². The van der Waals surface area contributed by atoms with Crippen LogP contribution in [0.3, 0.4) is 0 Å². The van der Waals surface area contributed by atoms with Crippen molar-refractivity contribution in [1.82, 2.24) is 0 Å². The van der Waals surface area contributed by atoms with Crippen LogP contribution in [0.15, 0.2) is 42.5 Å². The fraction of sp³-hybridized carbons (Fsp3) is 0.250. The summed E-state index contributed by atoms with van der Waals surface area (Å²) in [6.45, 7) is 1.83. The van der Waals surface area contributed by atoms with Crippen molar-refractivity contribution in [3.05, 3.63) is 58.6 Å². The Bertz CT molecular complexity index is 580. The molecule has 0 fully saturated rings. The number of nitrogens with zero attached hydrogens (tertiary/aromatic N) is 1. The highest BCUT2D eigenvalue weighted by molar-refractivity contribution is 6.30. The van der Waals surface area contributed by atoms with Crippen molar-refractivity contribution in [2.75, 3.05) is 11.4 Å². The van der Waals surface area contributed by atoms with Gasteiger partial charge in [0, 0.05) is 29.4 Å². The molecule has 19 heavy (non-hydrogen) atoms.